The summed E-state index contributed by atoms with van der Waals surface area (Å²) in [6.07, 6.45) is 6.43. The number of H-pyrrole nitrogens is 1. The average Bonchev–Trinajstić information content (AvgIpc) is 2.68. The van der Waals surface area contributed by atoms with Crippen LogP contribution in [0.4, 0.5) is 0 Å². The van der Waals surface area contributed by atoms with Gasteiger partial charge in [-0.2, -0.15) is 5.10 Å². The van der Waals surface area contributed by atoms with Crippen molar-refractivity contribution in [2.45, 2.75) is 18.9 Å². The number of aromatic amines is 1. The molecule has 0 spiro atoms. The van der Waals surface area contributed by atoms with Crippen molar-refractivity contribution in [1.82, 2.24) is 15.1 Å². The minimum Gasteiger partial charge on any atom is -0.377 e. The molecule has 4 heteroatoms. The van der Waals surface area contributed by atoms with Gasteiger partial charge in [0.1, 0.15) is 0 Å². The van der Waals surface area contributed by atoms with Crippen LogP contribution in [0.15, 0.2) is 0 Å². The Morgan fingerprint density at radius 1 is 1.56 bits per heavy atom. The van der Waals surface area contributed by atoms with Crippen LogP contribution in [-0.4, -0.2) is 49.0 Å². The Balaban J connectivity index is 2.26. The molecule has 1 aliphatic rings. The van der Waals surface area contributed by atoms with Gasteiger partial charge < -0.3 is 9.64 Å². The third-order valence-corrected chi connectivity index (χ3v) is 2.92. The Bertz CT molecular complexity index is 461. The first-order valence-corrected chi connectivity index (χ1v) is 5.63. The van der Waals surface area contributed by atoms with Gasteiger partial charge >= 0.3 is 0 Å². The van der Waals surface area contributed by atoms with Crippen LogP contribution in [0, 0.1) is 0 Å². The summed E-state index contributed by atoms with van der Waals surface area (Å²) in [7, 11) is 5.90. The van der Waals surface area contributed by atoms with Crippen LogP contribution in [0.2, 0.25) is 0 Å². The molecule has 0 saturated carbocycles. The van der Waals surface area contributed by atoms with E-state index < -0.39 is 0 Å². The number of hydrogen-bond acceptors (Lipinski definition) is 3. The van der Waals surface area contributed by atoms with Crippen LogP contribution < -0.4 is 10.6 Å². The molecular formula is C12H19N3O. The van der Waals surface area contributed by atoms with Crippen molar-refractivity contribution in [3.63, 3.8) is 0 Å². The van der Waals surface area contributed by atoms with Gasteiger partial charge in [0.15, 0.2) is 0 Å². The minimum absolute atomic E-state index is 0.197. The molecule has 0 saturated heterocycles. The largest absolute Gasteiger partial charge is 0.377 e. The molecule has 88 valence electrons. The second-order valence-corrected chi connectivity index (χ2v) is 4.43. The molecule has 1 unspecified atom stereocenters. The lowest BCUT2D eigenvalue weighted by Crippen LogP contribution is -2.32. The highest BCUT2D eigenvalue weighted by atomic mass is 16.5. The smallest absolute Gasteiger partial charge is 0.0797 e. The number of methoxy groups -OCH3 is 1. The van der Waals surface area contributed by atoms with Crippen LogP contribution in [0.25, 0.3) is 12.2 Å². The lowest BCUT2D eigenvalue weighted by molar-refractivity contribution is 0.157. The summed E-state index contributed by atoms with van der Waals surface area (Å²) in [5.74, 6) is 0. The summed E-state index contributed by atoms with van der Waals surface area (Å²) in [6, 6.07) is 0. The molecule has 2 rings (SSSR count). The minimum atomic E-state index is 0.197. The Hall–Kier alpha value is -1.13. The van der Waals surface area contributed by atoms with Gasteiger partial charge in [0.25, 0.3) is 0 Å². The fourth-order valence-corrected chi connectivity index (χ4v) is 1.92. The molecule has 16 heavy (non-hydrogen) atoms. The zero-order chi connectivity index (χ0) is 11.5. The van der Waals surface area contributed by atoms with Crippen molar-refractivity contribution in [1.29, 1.82) is 0 Å². The van der Waals surface area contributed by atoms with Gasteiger partial charge in [0.2, 0.25) is 0 Å². The highest BCUT2D eigenvalue weighted by Gasteiger charge is 2.10. The highest BCUT2D eigenvalue weighted by Crippen LogP contribution is 2.02. The Morgan fingerprint density at radius 3 is 3.06 bits per heavy atom. The van der Waals surface area contributed by atoms with Gasteiger partial charge in [0.05, 0.1) is 17.1 Å². The molecule has 4 nitrogen and oxygen atoms in total. The van der Waals surface area contributed by atoms with E-state index >= 15 is 0 Å². The first-order valence-electron chi connectivity index (χ1n) is 5.63. The van der Waals surface area contributed by atoms with E-state index in [0.717, 1.165) is 30.4 Å². The maximum Gasteiger partial charge on any atom is 0.0797 e. The second-order valence-electron chi connectivity index (χ2n) is 4.43. The van der Waals surface area contributed by atoms with Crippen molar-refractivity contribution in [3.05, 3.63) is 16.3 Å². The summed E-state index contributed by atoms with van der Waals surface area (Å²) in [4.78, 5) is 2.17. The SMILES string of the molecule is COC1C=c2c(CCN(C)C)n[nH]c2=CC1. The van der Waals surface area contributed by atoms with E-state index in [0.29, 0.717) is 0 Å². The van der Waals surface area contributed by atoms with Gasteiger partial charge in [-0.15, -0.1) is 0 Å². The van der Waals surface area contributed by atoms with E-state index in [4.69, 9.17) is 4.74 Å². The number of likely N-dealkylation sites (N-methyl/N-ethyl adjacent to an activating group) is 1. The molecule has 1 aromatic rings. The van der Waals surface area contributed by atoms with Crippen molar-refractivity contribution in [2.75, 3.05) is 27.7 Å². The third-order valence-electron chi connectivity index (χ3n) is 2.92. The fourth-order valence-electron chi connectivity index (χ4n) is 1.92. The van der Waals surface area contributed by atoms with Crippen molar-refractivity contribution in [2.24, 2.45) is 0 Å². The van der Waals surface area contributed by atoms with Crippen LogP contribution in [-0.2, 0) is 11.2 Å². The lowest BCUT2D eigenvalue weighted by Gasteiger charge is -2.11. The van der Waals surface area contributed by atoms with Crippen LogP contribution in [0.5, 0.6) is 0 Å². The molecule has 1 aliphatic carbocycles. The lowest BCUT2D eigenvalue weighted by atomic mass is 10.1. The van der Waals surface area contributed by atoms with Crippen LogP contribution in [0.1, 0.15) is 12.1 Å². The quantitative estimate of drug-likeness (QED) is 0.745. The van der Waals surface area contributed by atoms with Gasteiger partial charge in [0, 0.05) is 25.3 Å². The maximum atomic E-state index is 5.36. The standard InChI is InChI=1S/C12H19N3O/c1-15(2)7-6-12-10-8-9(16-3)4-5-11(10)13-14-12/h5,8-9,13H,4,6-7H2,1-3H3. The van der Waals surface area contributed by atoms with Gasteiger partial charge in [-0.25, -0.2) is 0 Å². The number of nitrogens with zero attached hydrogens (tertiary/aromatic N) is 2. The zero-order valence-electron chi connectivity index (χ0n) is 10.2. The van der Waals surface area contributed by atoms with Crippen LogP contribution in [0.3, 0.4) is 0 Å². The number of hydrogen-bond donors (Lipinski definition) is 1. The van der Waals surface area contributed by atoms with Crippen molar-refractivity contribution < 1.29 is 4.74 Å². The predicted molar refractivity (Wildman–Crippen MR) is 64.4 cm³/mol. The summed E-state index contributed by atoms with van der Waals surface area (Å²) in [5, 5.41) is 9.82. The van der Waals surface area contributed by atoms with Gasteiger partial charge in [-0.1, -0.05) is 6.08 Å². The average molecular weight is 221 g/mol. The summed E-state index contributed by atoms with van der Waals surface area (Å²) in [6.45, 7) is 1.02. The molecule has 1 N–H and O–H groups in total. The van der Waals surface area contributed by atoms with E-state index in [1.807, 2.05) is 0 Å². The summed E-state index contributed by atoms with van der Waals surface area (Å²) >= 11 is 0. The van der Waals surface area contributed by atoms with Gasteiger partial charge in [-0.05, 0) is 26.6 Å². The number of fused-ring (bicyclic) bond motifs is 1. The number of nitrogens with one attached hydrogen (secondary N) is 1. The number of ether oxygens (including phenoxy) is 1. The van der Waals surface area contributed by atoms with Gasteiger partial charge in [-0.3, -0.25) is 5.10 Å². The van der Waals surface area contributed by atoms with Crippen molar-refractivity contribution >= 4 is 12.2 Å². The molecule has 0 amide bonds. The zero-order valence-corrected chi connectivity index (χ0v) is 10.2. The third kappa shape index (κ3) is 2.33. The topological polar surface area (TPSA) is 41.1 Å². The highest BCUT2D eigenvalue weighted by molar-refractivity contribution is 5.41. The molecule has 0 aliphatic heterocycles. The Labute approximate surface area is 95.6 Å². The molecule has 1 aromatic heterocycles. The molecule has 1 heterocycles. The van der Waals surface area contributed by atoms with E-state index in [1.54, 1.807) is 7.11 Å². The number of rotatable bonds is 4. The molecular weight excluding hydrogens is 202 g/mol. The second kappa shape index (κ2) is 4.80. The van der Waals surface area contributed by atoms with E-state index in [-0.39, 0.29) is 6.10 Å². The van der Waals surface area contributed by atoms with E-state index in [1.165, 1.54) is 5.22 Å². The van der Waals surface area contributed by atoms with E-state index in [9.17, 15) is 0 Å². The summed E-state index contributed by atoms with van der Waals surface area (Å²) < 4.78 is 5.36. The molecule has 1 atom stereocenters. The summed E-state index contributed by atoms with van der Waals surface area (Å²) in [5.41, 5.74) is 1.14. The monoisotopic (exact) mass is 221 g/mol. The van der Waals surface area contributed by atoms with Crippen molar-refractivity contribution in [3.8, 4) is 0 Å². The van der Waals surface area contributed by atoms with Crippen LogP contribution >= 0.6 is 0 Å². The molecule has 0 bridgehead atoms. The maximum absolute atomic E-state index is 5.36. The fraction of sp³-hybridized carbons (Fsp3) is 0.583. The first-order chi connectivity index (χ1) is 7.70. The Morgan fingerprint density at radius 2 is 2.38 bits per heavy atom. The number of aromatic nitrogens is 2. The van der Waals surface area contributed by atoms with E-state index in [2.05, 4.69) is 41.3 Å². The normalized spacial score (nSPS) is 19.1. The predicted octanol–water partition coefficient (Wildman–Crippen LogP) is -0.506. The molecule has 0 radical (unpaired) electrons. The molecule has 0 fully saturated rings. The first kappa shape index (κ1) is 11.4. The Kier molecular flexibility index (Phi) is 3.41. The molecule has 0 aromatic carbocycles.